The third kappa shape index (κ3) is 21.2. The Labute approximate surface area is 473 Å². The zero-order chi connectivity index (χ0) is 61.5. The number of likely N-dealkylation sites (N-methyl/N-ethyl adjacent to an activating group) is 2. The number of benzene rings is 1. The summed E-state index contributed by atoms with van der Waals surface area (Å²) in [5, 5.41) is 52.8. The van der Waals surface area contributed by atoms with Gasteiger partial charge in [0.25, 0.3) is 5.91 Å². The first-order chi connectivity index (χ1) is 38.6. The minimum absolute atomic E-state index is 0.155. The molecule has 3 rings (SSSR count). The highest BCUT2D eigenvalue weighted by Crippen LogP contribution is 2.23. The maximum atomic E-state index is 14.8. The monoisotopic (exact) mass is 1160 g/mol. The van der Waals surface area contributed by atoms with Crippen LogP contribution in [0, 0.1) is 11.8 Å². The summed E-state index contributed by atoms with van der Waals surface area (Å²) >= 11 is 0. The number of hydroxylamine groups is 2. The molecule has 2 saturated heterocycles. The normalized spacial score (nSPS) is 24.7. The SMILES string of the molecule is CC(C)CCCCCCCCCC(=O)N[C@H]1COC(=O)[C@H]([C@H](C)CC(=O)O)NC(=O)[C@H]([C@H](O)CC(N)=O)NC(=O)[C@H](CC(N)=O)N(C)C(=O)[C@H](Cc2ccccc2)N(C)C(=O)[C@H](CC(=O)O)NC(=O)C2C(N)ON2C(=O)[C@H](CO)NC1=O. The van der Waals surface area contributed by atoms with Crippen LogP contribution in [-0.2, 0) is 78.3 Å². The Kier molecular flexibility index (Phi) is 27.7. The molecule has 11 atom stereocenters. The summed E-state index contributed by atoms with van der Waals surface area (Å²) in [7, 11) is 2.03. The molecule has 2 unspecified atom stereocenters. The number of hydrogen-bond donors (Lipinski definition) is 12. The van der Waals surface area contributed by atoms with E-state index < -0.39 is 182 Å². The second kappa shape index (κ2) is 33.2. The third-order valence-electron chi connectivity index (χ3n) is 13.7. The second-order valence-electron chi connectivity index (χ2n) is 20.8. The lowest BCUT2D eigenvalue weighted by Crippen LogP contribution is -2.73. The van der Waals surface area contributed by atoms with Crippen LogP contribution in [0.2, 0.25) is 0 Å². The van der Waals surface area contributed by atoms with Gasteiger partial charge in [-0.3, -0.25) is 57.5 Å². The highest BCUT2D eigenvalue weighted by molar-refractivity contribution is 6.00. The first kappa shape index (κ1) is 68.4. The van der Waals surface area contributed by atoms with Crippen LogP contribution in [0.1, 0.15) is 110 Å². The number of carbonyl (C=O) groups is 13. The molecule has 10 amide bonds. The van der Waals surface area contributed by atoms with Crippen LogP contribution < -0.4 is 43.8 Å². The van der Waals surface area contributed by atoms with Gasteiger partial charge in [0.15, 0.2) is 12.3 Å². The number of nitrogens with two attached hydrogens (primary N) is 3. The molecule has 30 heteroatoms. The van der Waals surface area contributed by atoms with E-state index in [-0.39, 0.29) is 12.8 Å². The molecule has 456 valence electrons. The number of cyclic esters (lactones) is 1. The summed E-state index contributed by atoms with van der Waals surface area (Å²) in [5.74, 6) is -18.0. The predicted molar refractivity (Wildman–Crippen MR) is 284 cm³/mol. The van der Waals surface area contributed by atoms with Crippen LogP contribution in [0.15, 0.2) is 30.3 Å². The van der Waals surface area contributed by atoms with Crippen LogP contribution in [0.4, 0.5) is 0 Å². The van der Waals surface area contributed by atoms with Gasteiger partial charge in [0.2, 0.25) is 53.2 Å². The van der Waals surface area contributed by atoms with Gasteiger partial charge in [-0.1, -0.05) is 96.0 Å². The van der Waals surface area contributed by atoms with Gasteiger partial charge in [-0.25, -0.2) is 14.7 Å². The lowest BCUT2D eigenvalue weighted by atomic mass is 9.97. The number of carboxylic acid groups (broad SMARTS) is 2. The van der Waals surface area contributed by atoms with E-state index in [1.165, 1.54) is 12.1 Å². The predicted octanol–water partition coefficient (Wildman–Crippen LogP) is -3.85. The van der Waals surface area contributed by atoms with Gasteiger partial charge >= 0.3 is 17.9 Å². The molecule has 2 heterocycles. The van der Waals surface area contributed by atoms with E-state index in [9.17, 15) is 82.8 Å². The Balaban J connectivity index is 2.21. The van der Waals surface area contributed by atoms with Gasteiger partial charge in [-0.2, -0.15) is 0 Å². The Morgan fingerprint density at radius 1 is 0.683 bits per heavy atom. The molecule has 2 aliphatic heterocycles. The number of aliphatic hydroxyl groups is 2. The fourth-order valence-electron chi connectivity index (χ4n) is 9.03. The quantitative estimate of drug-likeness (QED) is 0.0348. The van der Waals surface area contributed by atoms with Crippen molar-refractivity contribution < 1.29 is 92.3 Å². The largest absolute Gasteiger partial charge is 0.481 e. The van der Waals surface area contributed by atoms with E-state index in [4.69, 9.17) is 26.8 Å². The average molecular weight is 1160 g/mol. The third-order valence-corrected chi connectivity index (χ3v) is 13.7. The zero-order valence-electron chi connectivity index (χ0n) is 46.6. The molecule has 0 radical (unpaired) electrons. The van der Waals surface area contributed by atoms with E-state index in [0.717, 1.165) is 64.4 Å². The summed E-state index contributed by atoms with van der Waals surface area (Å²) in [5.41, 5.74) is 17.2. The molecule has 0 aliphatic carbocycles. The maximum absolute atomic E-state index is 14.8. The van der Waals surface area contributed by atoms with Crippen LogP contribution in [-0.4, -0.2) is 200 Å². The second-order valence-corrected chi connectivity index (χ2v) is 20.8. The van der Waals surface area contributed by atoms with Gasteiger partial charge in [0, 0.05) is 26.9 Å². The van der Waals surface area contributed by atoms with Crippen LogP contribution in [0.25, 0.3) is 0 Å². The first-order valence-electron chi connectivity index (χ1n) is 26.9. The number of nitrogens with zero attached hydrogens (tertiary/aromatic N) is 3. The number of rotatable bonds is 24. The minimum atomic E-state index is -2.33. The van der Waals surface area contributed by atoms with Crippen molar-refractivity contribution in [2.75, 3.05) is 27.3 Å². The van der Waals surface area contributed by atoms with E-state index >= 15 is 0 Å². The molecule has 0 spiro atoms. The lowest BCUT2D eigenvalue weighted by molar-refractivity contribution is -0.307. The van der Waals surface area contributed by atoms with E-state index in [1.54, 1.807) is 18.2 Å². The maximum Gasteiger partial charge on any atom is 0.329 e. The Bertz CT molecular complexity index is 2450. The molecular weight excluding hydrogens is 1080 g/mol. The van der Waals surface area contributed by atoms with Crippen molar-refractivity contribution in [3.05, 3.63) is 35.9 Å². The van der Waals surface area contributed by atoms with Gasteiger partial charge < -0.3 is 78.7 Å². The minimum Gasteiger partial charge on any atom is -0.481 e. The molecule has 15 N–H and O–H groups in total. The van der Waals surface area contributed by atoms with E-state index in [2.05, 4.69) is 40.4 Å². The van der Waals surface area contributed by atoms with Crippen molar-refractivity contribution in [2.24, 2.45) is 29.0 Å². The number of carbonyl (C=O) groups excluding carboxylic acids is 11. The number of aliphatic carboxylic acids is 2. The fourth-order valence-corrected chi connectivity index (χ4v) is 9.03. The number of carboxylic acids is 2. The molecule has 2 fully saturated rings. The summed E-state index contributed by atoms with van der Waals surface area (Å²) in [6.07, 6.45) is -1.68. The molecular formula is C52H79N11O19. The number of unbranched alkanes of at least 4 members (excludes halogenated alkanes) is 6. The fraction of sp³-hybridized carbons (Fsp3) is 0.635. The van der Waals surface area contributed by atoms with Crippen molar-refractivity contribution in [1.82, 2.24) is 41.4 Å². The van der Waals surface area contributed by atoms with Crippen molar-refractivity contribution in [2.45, 2.75) is 171 Å². The van der Waals surface area contributed by atoms with Crippen molar-refractivity contribution in [3.8, 4) is 0 Å². The molecule has 0 bridgehead atoms. The number of esters is 1. The van der Waals surface area contributed by atoms with Crippen LogP contribution >= 0.6 is 0 Å². The first-order valence-corrected chi connectivity index (χ1v) is 26.9. The topological polar surface area (TPSA) is 469 Å². The number of nitrogens with one attached hydrogen (secondary N) is 5. The number of ether oxygens (including phenoxy) is 1. The van der Waals surface area contributed by atoms with Crippen molar-refractivity contribution >= 4 is 77.0 Å². The summed E-state index contributed by atoms with van der Waals surface area (Å²) in [4.78, 5) is 183. The van der Waals surface area contributed by atoms with Gasteiger partial charge in [0.1, 0.15) is 48.9 Å². The van der Waals surface area contributed by atoms with E-state index in [1.807, 2.05) is 0 Å². The number of primary amides is 2. The number of hydrogen-bond acceptors (Lipinski definition) is 18. The standard InChI is InChI=1S/C52H79N11O19/c1-27(2)16-12-9-7-6-8-10-15-19-38(68)56-32-26-81-52(80)41(28(3)20-39(69)70)59-47(75)42(35(65)24-37(54)67)60-46(74)33(23-36(53)66)61(4)51(79)34(21-29-17-13-11-14-18-29)62(5)49(77)30(22-40(71)72)57-48(76)43-44(55)82-63(43)50(78)31(25-64)58-45(32)73/h11,13-14,17-18,27-28,30-35,41-44,64-65H,6-10,12,15-16,19-26,55H2,1-5H3,(H2,53,66)(H2,54,67)(H,56,68)(H,57,76)(H,58,73)(H,59,75)(H,60,74)(H,69,70)(H,71,72)/t28-,30+,31+,32+,33+,34+,35-,41+,42+,43?,44?/m1/s1. The lowest BCUT2D eigenvalue weighted by Gasteiger charge is -2.44. The van der Waals surface area contributed by atoms with Crippen molar-refractivity contribution in [3.63, 3.8) is 0 Å². The van der Waals surface area contributed by atoms with Crippen molar-refractivity contribution in [1.29, 1.82) is 0 Å². The molecule has 1 aromatic carbocycles. The zero-order valence-corrected chi connectivity index (χ0v) is 46.6. The Morgan fingerprint density at radius 2 is 1.27 bits per heavy atom. The molecule has 1 aromatic rings. The number of amides is 10. The highest BCUT2D eigenvalue weighted by atomic mass is 16.7. The van der Waals surface area contributed by atoms with Gasteiger partial charge in [-0.05, 0) is 23.8 Å². The molecule has 0 saturated carbocycles. The summed E-state index contributed by atoms with van der Waals surface area (Å²) < 4.78 is 5.43. The van der Waals surface area contributed by atoms with Crippen LogP contribution in [0.3, 0.4) is 0 Å². The smallest absolute Gasteiger partial charge is 0.329 e. The number of fused-ring (bicyclic) bond motifs is 1. The molecule has 82 heavy (non-hydrogen) atoms. The molecule has 30 nitrogen and oxygen atoms in total. The summed E-state index contributed by atoms with van der Waals surface area (Å²) in [6, 6.07) is -8.20. The van der Waals surface area contributed by atoms with Gasteiger partial charge in [0.05, 0.1) is 38.4 Å². The summed E-state index contributed by atoms with van der Waals surface area (Å²) in [6.45, 7) is 3.12. The molecule has 0 aromatic heterocycles. The number of aliphatic hydroxyl groups excluding tert-OH is 2. The highest BCUT2D eigenvalue weighted by Gasteiger charge is 2.51. The Morgan fingerprint density at radius 3 is 1.83 bits per heavy atom. The average Bonchev–Trinajstić information content (AvgIpc) is 3.55. The Hall–Kier alpha value is -7.83. The van der Waals surface area contributed by atoms with E-state index in [0.29, 0.717) is 34.3 Å². The van der Waals surface area contributed by atoms with Gasteiger partial charge in [-0.15, -0.1) is 0 Å². The van der Waals surface area contributed by atoms with Crippen LogP contribution in [0.5, 0.6) is 0 Å². The molecule has 2 aliphatic rings.